The van der Waals surface area contributed by atoms with Crippen LogP contribution in [0.25, 0.3) is 0 Å². The van der Waals surface area contributed by atoms with E-state index in [9.17, 15) is 43.2 Å². The third-order valence-corrected chi connectivity index (χ3v) is 20.1. The molecule has 17 nitrogen and oxygen atoms in total. The van der Waals surface area contributed by atoms with Crippen molar-refractivity contribution in [1.82, 2.24) is 0 Å². The Hall–Kier alpha value is -4.28. The number of hydrogen-bond acceptors (Lipinski definition) is 15. The van der Waals surface area contributed by atoms with Gasteiger partial charge in [-0.3, -0.25) is 37.3 Å². The van der Waals surface area contributed by atoms with Crippen molar-refractivity contribution in [3.63, 3.8) is 0 Å². The highest BCUT2D eigenvalue weighted by Gasteiger charge is 2.30. The van der Waals surface area contributed by atoms with Crippen LogP contribution in [0.1, 0.15) is 374 Å². The van der Waals surface area contributed by atoms with Gasteiger partial charge >= 0.3 is 39.5 Å². The molecule has 0 aliphatic carbocycles. The summed E-state index contributed by atoms with van der Waals surface area (Å²) in [5.41, 5.74) is 0. The maximum absolute atomic E-state index is 13.1. The second-order valence-corrected chi connectivity index (χ2v) is 31.6. The molecule has 0 spiro atoms. The maximum atomic E-state index is 13.1. The largest absolute Gasteiger partial charge is 0.472 e. The lowest BCUT2D eigenvalue weighted by atomic mass is 10.0. The fourth-order valence-corrected chi connectivity index (χ4v) is 13.3. The van der Waals surface area contributed by atoms with E-state index in [1.807, 2.05) is 0 Å². The highest BCUT2D eigenvalue weighted by Crippen LogP contribution is 2.45. The fourth-order valence-electron chi connectivity index (χ4n) is 11.7. The summed E-state index contributed by atoms with van der Waals surface area (Å²) in [5, 5.41) is 10.7. The maximum Gasteiger partial charge on any atom is 0.472 e. The number of rotatable bonds is 81. The Morgan fingerprint density at radius 1 is 0.269 bits per heavy atom. The summed E-state index contributed by atoms with van der Waals surface area (Å²) in [4.78, 5) is 73.3. The number of aliphatic hydroxyl groups is 1. The second-order valence-electron chi connectivity index (χ2n) is 28.7. The van der Waals surface area contributed by atoms with Crippen molar-refractivity contribution in [1.29, 1.82) is 0 Å². The van der Waals surface area contributed by atoms with Crippen LogP contribution in [0.5, 0.6) is 0 Å². The van der Waals surface area contributed by atoms with E-state index in [-0.39, 0.29) is 25.7 Å². The average molecular weight is 1560 g/mol. The SMILES string of the molecule is CC/C=C\C/C=C\C/C=C\C/C=C\CCCCCCCCC(=O)OCC(COP(=O)(O)OCC(O)COP(=O)(O)OCC(COC(=O)CCCCCCCC/C=C\C/C=C\C/C=C\C/C=C\CC)OC(=O)CCCCCCCCCCCCCCCCC)OC(=O)CCCCCCC/C=C\CCCCCCCC. The summed E-state index contributed by atoms with van der Waals surface area (Å²) < 4.78 is 68.8. The molecule has 3 N–H and O–H groups in total. The van der Waals surface area contributed by atoms with Crippen molar-refractivity contribution in [2.45, 2.75) is 393 Å². The number of allylic oxidation sites excluding steroid dienone is 18. The Kier molecular flexibility index (Phi) is 77.6. The molecule has 0 amide bonds. The van der Waals surface area contributed by atoms with Gasteiger partial charge in [-0.1, -0.05) is 330 Å². The van der Waals surface area contributed by atoms with Gasteiger partial charge in [-0.25, -0.2) is 9.13 Å². The standard InChI is InChI=1S/C89H156O17P2/c1-5-9-13-17-21-25-29-33-37-39-41-43-47-49-53-57-61-65-69-73-86(91)99-79-84(105-88(93)75-71-67-63-59-55-51-45-35-31-27-23-19-15-11-7-3)81-103-107(95,96)101-77-83(90)78-102-108(97,98)104-82-85(106-89(94)76-72-68-64-60-56-52-46-36-32-28-24-20-16-12-8-4)80-100-87(92)74-70-66-62-58-54-50-48-44-42-40-38-34-30-26-22-18-14-10-6-2/h9-10,13-14,21-22,25-26,33-35,37-38,41-45,83-85,90H,5-8,11-12,15-20,23-24,27-32,36,39-40,46-82H2,1-4H3,(H,95,96)(H,97,98)/b13-9-,14-10-,25-21-,26-22-,37-33-,38-34-,43-41-,44-42-,45-35-. The second kappa shape index (κ2) is 80.8. The molecule has 0 aromatic rings. The Bertz CT molecular complexity index is 2470. The van der Waals surface area contributed by atoms with Crippen molar-refractivity contribution >= 4 is 39.5 Å². The van der Waals surface area contributed by atoms with E-state index in [2.05, 4.69) is 137 Å². The van der Waals surface area contributed by atoms with E-state index in [4.69, 9.17) is 37.0 Å². The molecule has 0 radical (unpaired) electrons. The molecule has 5 unspecified atom stereocenters. The van der Waals surface area contributed by atoms with Crippen LogP contribution in [0, 0.1) is 0 Å². The van der Waals surface area contributed by atoms with Gasteiger partial charge in [0, 0.05) is 25.7 Å². The average Bonchev–Trinajstić information content (AvgIpc) is 0.923. The molecular formula is C89H156O17P2. The lowest BCUT2D eigenvalue weighted by Gasteiger charge is -2.21. The minimum atomic E-state index is -4.99. The van der Waals surface area contributed by atoms with Gasteiger partial charge < -0.3 is 33.8 Å². The van der Waals surface area contributed by atoms with E-state index >= 15 is 0 Å². The number of carbonyl (C=O) groups excluding carboxylic acids is 4. The molecule has 0 fully saturated rings. The summed E-state index contributed by atoms with van der Waals surface area (Å²) in [7, 11) is -9.97. The fraction of sp³-hybridized carbons (Fsp3) is 0.753. The predicted molar refractivity (Wildman–Crippen MR) is 445 cm³/mol. The molecule has 0 aromatic heterocycles. The van der Waals surface area contributed by atoms with Crippen LogP contribution in [-0.2, 0) is 65.4 Å². The normalized spacial score (nSPS) is 14.3. The summed E-state index contributed by atoms with van der Waals surface area (Å²) in [5.74, 6) is -2.19. The number of phosphoric ester groups is 2. The third-order valence-electron chi connectivity index (χ3n) is 18.2. The van der Waals surface area contributed by atoms with Gasteiger partial charge in [0.25, 0.3) is 0 Å². The molecule has 0 bridgehead atoms. The minimum Gasteiger partial charge on any atom is -0.462 e. The summed E-state index contributed by atoms with van der Waals surface area (Å²) >= 11 is 0. The van der Waals surface area contributed by atoms with Crippen molar-refractivity contribution < 1.29 is 80.2 Å². The first-order valence-electron chi connectivity index (χ1n) is 43.1. The van der Waals surface area contributed by atoms with Crippen molar-refractivity contribution in [2.24, 2.45) is 0 Å². The highest BCUT2D eigenvalue weighted by atomic mass is 31.2. The van der Waals surface area contributed by atoms with Gasteiger partial charge in [0.1, 0.15) is 19.3 Å². The Balaban J connectivity index is 5.37. The van der Waals surface area contributed by atoms with Gasteiger partial charge in [-0.05, 0) is 128 Å². The summed E-state index contributed by atoms with van der Waals surface area (Å²) in [6.07, 6.45) is 89.0. The molecule has 0 rings (SSSR count). The number of phosphoric acid groups is 2. The highest BCUT2D eigenvalue weighted by molar-refractivity contribution is 7.47. The topological polar surface area (TPSA) is 237 Å². The number of aliphatic hydroxyl groups excluding tert-OH is 1. The lowest BCUT2D eigenvalue weighted by Crippen LogP contribution is -2.30. The van der Waals surface area contributed by atoms with E-state index in [0.29, 0.717) is 25.7 Å². The molecule has 0 saturated heterocycles. The molecule has 108 heavy (non-hydrogen) atoms. The van der Waals surface area contributed by atoms with E-state index < -0.39 is 97.5 Å². The van der Waals surface area contributed by atoms with Crippen LogP contribution in [0.4, 0.5) is 0 Å². The van der Waals surface area contributed by atoms with Crippen molar-refractivity contribution in [3.8, 4) is 0 Å². The van der Waals surface area contributed by atoms with E-state index in [1.54, 1.807) is 0 Å². The Morgan fingerprint density at radius 3 is 0.750 bits per heavy atom. The molecule has 19 heteroatoms. The number of unbranched alkanes of at least 4 members (excludes halogenated alkanes) is 37. The minimum absolute atomic E-state index is 0.0820. The molecule has 624 valence electrons. The van der Waals surface area contributed by atoms with Crippen LogP contribution in [0.3, 0.4) is 0 Å². The predicted octanol–water partition coefficient (Wildman–Crippen LogP) is 25.7. The lowest BCUT2D eigenvalue weighted by molar-refractivity contribution is -0.161. The number of esters is 4. The Labute approximate surface area is 658 Å². The molecular weight excluding hydrogens is 1400 g/mol. The Morgan fingerprint density at radius 2 is 0.481 bits per heavy atom. The first-order valence-corrected chi connectivity index (χ1v) is 46.1. The van der Waals surface area contributed by atoms with Gasteiger partial charge in [0.05, 0.1) is 26.4 Å². The molecule has 0 aromatic carbocycles. The van der Waals surface area contributed by atoms with Gasteiger partial charge in [0.2, 0.25) is 0 Å². The summed E-state index contributed by atoms with van der Waals surface area (Å²) in [6, 6.07) is 0. The zero-order valence-corrected chi connectivity index (χ0v) is 70.3. The molecule has 0 aliphatic rings. The van der Waals surface area contributed by atoms with Gasteiger partial charge in [-0.2, -0.15) is 0 Å². The first-order chi connectivity index (χ1) is 52.7. The summed E-state index contributed by atoms with van der Waals surface area (Å²) in [6.45, 7) is 4.68. The van der Waals surface area contributed by atoms with Crippen molar-refractivity contribution in [3.05, 3.63) is 109 Å². The first kappa shape index (κ1) is 104. The third kappa shape index (κ3) is 79.8. The van der Waals surface area contributed by atoms with E-state index in [1.165, 1.54) is 103 Å². The van der Waals surface area contributed by atoms with Crippen LogP contribution < -0.4 is 0 Å². The van der Waals surface area contributed by atoms with Gasteiger partial charge in [-0.15, -0.1) is 0 Å². The zero-order chi connectivity index (χ0) is 78.9. The van der Waals surface area contributed by atoms with Crippen LogP contribution in [0.2, 0.25) is 0 Å². The van der Waals surface area contributed by atoms with E-state index in [0.717, 1.165) is 193 Å². The van der Waals surface area contributed by atoms with Crippen LogP contribution in [0.15, 0.2) is 109 Å². The van der Waals surface area contributed by atoms with Crippen LogP contribution in [-0.4, -0.2) is 96.7 Å². The smallest absolute Gasteiger partial charge is 0.462 e. The number of ether oxygens (including phenoxy) is 4. The molecule has 5 atom stereocenters. The van der Waals surface area contributed by atoms with Gasteiger partial charge in [0.15, 0.2) is 12.2 Å². The molecule has 0 aliphatic heterocycles. The number of carbonyl (C=O) groups is 4. The molecule has 0 heterocycles. The quantitative estimate of drug-likeness (QED) is 0.0169. The van der Waals surface area contributed by atoms with Crippen molar-refractivity contribution in [2.75, 3.05) is 39.6 Å². The van der Waals surface area contributed by atoms with Crippen LogP contribution >= 0.6 is 15.6 Å². The zero-order valence-electron chi connectivity index (χ0n) is 68.5. The molecule has 0 saturated carbocycles. The number of hydrogen-bond donors (Lipinski definition) is 3. The monoisotopic (exact) mass is 1560 g/mol.